The number of Topliss-reactive ketones (excluding diaryl/α,β-unsaturated/α-hetero) is 1. The van der Waals surface area contributed by atoms with Crippen molar-refractivity contribution in [2.75, 3.05) is 0 Å². The molecule has 22 heavy (non-hydrogen) atoms. The smallest absolute Gasteiger partial charge is 0.205 e. The number of ketones is 1. The molecule has 1 heterocycles. The van der Waals surface area contributed by atoms with E-state index in [1.54, 1.807) is 18.3 Å². The monoisotopic (exact) mass is 281 g/mol. The first-order valence-electron chi connectivity index (χ1n) is 6.66. The van der Waals surface area contributed by atoms with Gasteiger partial charge in [-0.1, -0.05) is 24.3 Å². The number of hydrogen-bond donors (Lipinski definition) is 0. The van der Waals surface area contributed by atoms with E-state index < -0.39 is 5.78 Å². The third-order valence-corrected chi connectivity index (χ3v) is 3.93. The molecule has 2 aromatic carbocycles. The minimum absolute atomic E-state index is 0.111. The number of fused-ring (bicyclic) bond motifs is 2. The molecular weight excluding hydrogens is 274 g/mol. The van der Waals surface area contributed by atoms with Crippen LogP contribution in [0.15, 0.2) is 48.2 Å². The number of pyridine rings is 1. The molecule has 3 aromatic rings. The summed E-state index contributed by atoms with van der Waals surface area (Å²) in [6.45, 7) is 0. The number of hydrogen-bond acceptors (Lipinski definition) is 4. The molecule has 0 atom stereocenters. The van der Waals surface area contributed by atoms with E-state index in [4.69, 9.17) is 0 Å². The number of nitrogens with zero attached hydrogens (tertiary/aromatic N) is 3. The summed E-state index contributed by atoms with van der Waals surface area (Å²) in [4.78, 5) is 16.9. The number of rotatable bonds is 0. The molecule has 4 rings (SSSR count). The molecule has 4 nitrogen and oxygen atoms in total. The Balaban J connectivity index is 2.38. The summed E-state index contributed by atoms with van der Waals surface area (Å²) in [5, 5.41) is 21.3. The minimum atomic E-state index is -0.396. The second kappa shape index (κ2) is 4.25. The van der Waals surface area contributed by atoms with Gasteiger partial charge in [0.25, 0.3) is 0 Å². The molecule has 1 aliphatic rings. The largest absolute Gasteiger partial charge is 0.288 e. The fourth-order valence-electron chi connectivity index (χ4n) is 3.02. The molecule has 1 aromatic heterocycles. The van der Waals surface area contributed by atoms with Crippen LogP contribution in [0, 0.1) is 22.7 Å². The molecule has 0 aliphatic heterocycles. The Morgan fingerprint density at radius 1 is 0.955 bits per heavy atom. The molecular formula is C18H7N3O. The molecule has 0 N–H and O–H groups in total. The topological polar surface area (TPSA) is 77.5 Å². The lowest BCUT2D eigenvalue weighted by Gasteiger charge is -2.18. The highest BCUT2D eigenvalue weighted by Crippen LogP contribution is 2.39. The lowest BCUT2D eigenvalue weighted by Crippen LogP contribution is -2.12. The maximum Gasteiger partial charge on any atom is 0.205 e. The van der Waals surface area contributed by atoms with E-state index >= 15 is 0 Å². The molecule has 1 aliphatic carbocycles. The van der Waals surface area contributed by atoms with Crippen molar-refractivity contribution in [3.05, 3.63) is 59.3 Å². The first kappa shape index (κ1) is 12.3. The van der Waals surface area contributed by atoms with Crippen LogP contribution in [0.2, 0.25) is 0 Å². The zero-order valence-corrected chi connectivity index (χ0v) is 11.3. The summed E-state index contributed by atoms with van der Waals surface area (Å²) < 4.78 is 0. The third-order valence-electron chi connectivity index (χ3n) is 3.93. The highest BCUT2D eigenvalue weighted by atomic mass is 16.1. The van der Waals surface area contributed by atoms with E-state index in [0.717, 1.165) is 10.8 Å². The molecule has 0 unspecified atom stereocenters. The van der Waals surface area contributed by atoms with E-state index in [1.165, 1.54) is 0 Å². The van der Waals surface area contributed by atoms with Gasteiger partial charge in [0.2, 0.25) is 5.78 Å². The standard InChI is InChI=1S/C18H7N3O/c19-8-13-14(9-20)18(22)12-5-1-3-10-7-11-4-2-6-21-17(11)16(13)15(10)12/h1-7H. The van der Waals surface area contributed by atoms with E-state index in [2.05, 4.69) is 4.98 Å². The van der Waals surface area contributed by atoms with Crippen molar-refractivity contribution in [1.82, 2.24) is 4.98 Å². The molecule has 0 radical (unpaired) electrons. The molecule has 4 heteroatoms. The van der Waals surface area contributed by atoms with Gasteiger partial charge in [-0.05, 0) is 17.5 Å². The van der Waals surface area contributed by atoms with Gasteiger partial charge < -0.3 is 0 Å². The molecule has 0 fully saturated rings. The number of nitriles is 2. The minimum Gasteiger partial charge on any atom is -0.288 e. The summed E-state index contributed by atoms with van der Waals surface area (Å²) in [7, 11) is 0. The molecule has 100 valence electrons. The maximum absolute atomic E-state index is 12.5. The van der Waals surface area contributed by atoms with Crippen molar-refractivity contribution in [2.24, 2.45) is 0 Å². The van der Waals surface area contributed by atoms with Crippen LogP contribution in [0.3, 0.4) is 0 Å². The van der Waals surface area contributed by atoms with Gasteiger partial charge in [-0.25, -0.2) is 0 Å². The lowest BCUT2D eigenvalue weighted by atomic mass is 9.82. The Bertz CT molecular complexity index is 1110. The number of benzene rings is 2. The van der Waals surface area contributed by atoms with Gasteiger partial charge in [0, 0.05) is 28.1 Å². The predicted octanol–water partition coefficient (Wildman–Crippen LogP) is 3.39. The molecule has 0 amide bonds. The van der Waals surface area contributed by atoms with Gasteiger partial charge in [0.05, 0.1) is 11.1 Å². The Morgan fingerprint density at radius 3 is 2.50 bits per heavy atom. The lowest BCUT2D eigenvalue weighted by molar-refractivity contribution is 0.104. The SMILES string of the molecule is N#CC1=C(C#N)c2c3ncccc3cc3cccc(c23)C1=O. The summed E-state index contributed by atoms with van der Waals surface area (Å²) in [5.41, 5.74) is 1.68. The van der Waals surface area contributed by atoms with Crippen LogP contribution in [0.1, 0.15) is 15.9 Å². The summed E-state index contributed by atoms with van der Waals surface area (Å²) in [6, 6.07) is 15.0. The third kappa shape index (κ3) is 1.38. The Morgan fingerprint density at radius 2 is 1.73 bits per heavy atom. The number of aromatic nitrogens is 1. The zero-order chi connectivity index (χ0) is 15.3. The van der Waals surface area contributed by atoms with Crippen molar-refractivity contribution in [2.45, 2.75) is 0 Å². The van der Waals surface area contributed by atoms with Crippen LogP contribution in [0.25, 0.3) is 27.2 Å². The molecule has 0 saturated heterocycles. The van der Waals surface area contributed by atoms with Gasteiger partial charge in [-0.15, -0.1) is 0 Å². The van der Waals surface area contributed by atoms with Gasteiger partial charge in [-0.2, -0.15) is 10.5 Å². The number of carbonyl (C=O) groups excluding carboxylic acids is 1. The second-order valence-electron chi connectivity index (χ2n) is 5.03. The van der Waals surface area contributed by atoms with Gasteiger partial charge in [0.1, 0.15) is 17.7 Å². The van der Waals surface area contributed by atoms with Crippen molar-refractivity contribution in [1.29, 1.82) is 10.5 Å². The quantitative estimate of drug-likeness (QED) is 0.592. The van der Waals surface area contributed by atoms with Crippen LogP contribution in [0.5, 0.6) is 0 Å². The highest BCUT2D eigenvalue weighted by Gasteiger charge is 2.29. The average molecular weight is 281 g/mol. The fraction of sp³-hybridized carbons (Fsp3) is 0. The Labute approximate surface area is 125 Å². The normalized spacial score (nSPS) is 13.3. The summed E-state index contributed by atoms with van der Waals surface area (Å²) in [6.07, 6.45) is 1.64. The Hall–Kier alpha value is -3.50. The van der Waals surface area contributed by atoms with Gasteiger partial charge >= 0.3 is 0 Å². The first-order chi connectivity index (χ1) is 10.8. The van der Waals surface area contributed by atoms with Crippen LogP contribution in [-0.2, 0) is 0 Å². The van der Waals surface area contributed by atoms with E-state index in [1.807, 2.05) is 36.4 Å². The van der Waals surface area contributed by atoms with Crippen LogP contribution in [-0.4, -0.2) is 10.8 Å². The van der Waals surface area contributed by atoms with Crippen molar-refractivity contribution >= 4 is 33.0 Å². The van der Waals surface area contributed by atoms with Gasteiger partial charge in [-0.3, -0.25) is 9.78 Å². The number of carbonyl (C=O) groups is 1. The summed E-state index contributed by atoms with van der Waals surface area (Å²) >= 11 is 0. The van der Waals surface area contributed by atoms with Crippen molar-refractivity contribution < 1.29 is 4.79 Å². The first-order valence-corrected chi connectivity index (χ1v) is 6.66. The molecule has 0 spiro atoms. The van der Waals surface area contributed by atoms with Gasteiger partial charge in [0.15, 0.2) is 0 Å². The van der Waals surface area contributed by atoms with Crippen molar-refractivity contribution in [3.8, 4) is 12.1 Å². The fourth-order valence-corrected chi connectivity index (χ4v) is 3.02. The van der Waals surface area contributed by atoms with E-state index in [9.17, 15) is 15.3 Å². The van der Waals surface area contributed by atoms with Crippen molar-refractivity contribution in [3.63, 3.8) is 0 Å². The second-order valence-corrected chi connectivity index (χ2v) is 5.03. The number of allylic oxidation sites excluding steroid dienone is 2. The van der Waals surface area contributed by atoms with E-state index in [-0.39, 0.29) is 11.1 Å². The van der Waals surface area contributed by atoms with E-state index in [0.29, 0.717) is 22.0 Å². The molecule has 0 saturated carbocycles. The summed E-state index contributed by atoms with van der Waals surface area (Å²) in [5.74, 6) is -0.396. The molecule has 0 bridgehead atoms. The Kier molecular flexibility index (Phi) is 2.37. The van der Waals surface area contributed by atoms with Crippen LogP contribution >= 0.6 is 0 Å². The predicted molar refractivity (Wildman–Crippen MR) is 81.7 cm³/mol. The highest BCUT2D eigenvalue weighted by molar-refractivity contribution is 6.30. The zero-order valence-electron chi connectivity index (χ0n) is 11.3. The average Bonchev–Trinajstić information content (AvgIpc) is 2.56. The van der Waals surface area contributed by atoms with Crippen LogP contribution in [0.4, 0.5) is 0 Å². The maximum atomic E-state index is 12.5. The van der Waals surface area contributed by atoms with Crippen LogP contribution < -0.4 is 0 Å².